The van der Waals surface area contributed by atoms with Crippen molar-refractivity contribution in [3.05, 3.63) is 69.7 Å². The van der Waals surface area contributed by atoms with Gasteiger partial charge in [-0.3, -0.25) is 19.2 Å². The van der Waals surface area contributed by atoms with Gasteiger partial charge in [-0.05, 0) is 74.3 Å². The van der Waals surface area contributed by atoms with Crippen LogP contribution in [0.2, 0.25) is 0 Å². The molecule has 1 unspecified atom stereocenters. The minimum absolute atomic E-state index is 0.00838. The third kappa shape index (κ3) is 11.5. The fourth-order valence-corrected chi connectivity index (χ4v) is 9.23. The maximum atomic E-state index is 14.1. The van der Waals surface area contributed by atoms with E-state index in [0.29, 0.717) is 38.3 Å². The molecule has 4 amide bonds. The molecule has 16 heteroatoms. The molecule has 2 fully saturated rings. The van der Waals surface area contributed by atoms with Crippen LogP contribution in [0.15, 0.2) is 47.3 Å². The smallest absolute Gasteiger partial charge is 0.257 e. The molecule has 4 heterocycles. The van der Waals surface area contributed by atoms with E-state index in [1.807, 2.05) is 95.8 Å². The van der Waals surface area contributed by atoms with E-state index in [2.05, 4.69) is 25.8 Å². The Labute approximate surface area is 366 Å². The Hall–Kier alpha value is -4.90. The molecule has 4 N–H and O–H groups in total. The molecule has 328 valence electrons. The van der Waals surface area contributed by atoms with Crippen LogP contribution in [0.3, 0.4) is 0 Å². The zero-order chi connectivity index (χ0) is 43.8. The number of aliphatic hydroxyl groups excluding tert-OH is 1. The molecule has 6 rings (SSSR count). The summed E-state index contributed by atoms with van der Waals surface area (Å²) in [5, 5.41) is 22.4. The molecule has 2 saturated heterocycles. The molecule has 2 aliphatic rings. The number of nitrogens with one attached hydrogen (secondary N) is 3. The van der Waals surface area contributed by atoms with E-state index in [-0.39, 0.29) is 49.8 Å². The molecule has 2 aromatic carbocycles. The van der Waals surface area contributed by atoms with Gasteiger partial charge in [0.1, 0.15) is 17.8 Å². The van der Waals surface area contributed by atoms with Crippen molar-refractivity contribution >= 4 is 51.4 Å². The SMILES string of the molecule is Cc1ccc(-c2csc(N3CCOCC3)n2)c(OCC(=O)NCCCCC(=O)NC(C(=O)N2C[C@H](O)C[C@H]2C(=O)N[C@@H](C)c2ccc(-c3scnc3C)cc2)C(C)(C)C)c1C. The summed E-state index contributed by atoms with van der Waals surface area (Å²) >= 11 is 3.15. The lowest BCUT2D eigenvalue weighted by Crippen LogP contribution is -2.57. The number of carbonyl (C=O) groups excluding carboxylic acids is 4. The maximum absolute atomic E-state index is 14.1. The lowest BCUT2D eigenvalue weighted by molar-refractivity contribution is -0.144. The normalized spacial score (nSPS) is 17.8. The predicted molar refractivity (Wildman–Crippen MR) is 239 cm³/mol. The van der Waals surface area contributed by atoms with Crippen molar-refractivity contribution in [1.29, 1.82) is 0 Å². The van der Waals surface area contributed by atoms with Crippen LogP contribution in [0.5, 0.6) is 5.75 Å². The van der Waals surface area contributed by atoms with Gasteiger partial charge in [0, 0.05) is 50.0 Å². The van der Waals surface area contributed by atoms with Crippen LogP contribution in [0, 0.1) is 26.2 Å². The highest BCUT2D eigenvalue weighted by atomic mass is 32.1. The summed E-state index contributed by atoms with van der Waals surface area (Å²) in [6.07, 6.45) is 0.387. The molecule has 0 saturated carbocycles. The molecular weight excluding hydrogens is 815 g/mol. The second-order valence-electron chi connectivity index (χ2n) is 17.0. The van der Waals surface area contributed by atoms with Gasteiger partial charge in [0.2, 0.25) is 17.7 Å². The van der Waals surface area contributed by atoms with Crippen LogP contribution < -0.4 is 25.6 Å². The minimum Gasteiger partial charge on any atom is -0.483 e. The van der Waals surface area contributed by atoms with Gasteiger partial charge in [0.05, 0.1) is 47.1 Å². The zero-order valence-electron chi connectivity index (χ0n) is 36.2. The van der Waals surface area contributed by atoms with Crippen molar-refractivity contribution < 1.29 is 33.8 Å². The van der Waals surface area contributed by atoms with E-state index < -0.39 is 29.5 Å². The first-order valence-electron chi connectivity index (χ1n) is 21.0. The van der Waals surface area contributed by atoms with E-state index in [1.165, 1.54) is 4.90 Å². The Kier molecular flexibility index (Phi) is 15.2. The van der Waals surface area contributed by atoms with E-state index in [0.717, 1.165) is 62.3 Å². The summed E-state index contributed by atoms with van der Waals surface area (Å²) in [6, 6.07) is 9.79. The average molecular weight is 874 g/mol. The molecule has 61 heavy (non-hydrogen) atoms. The monoisotopic (exact) mass is 873 g/mol. The quantitative estimate of drug-likeness (QED) is 0.102. The number of ether oxygens (including phenoxy) is 2. The first-order chi connectivity index (χ1) is 29.1. The number of anilines is 1. The number of benzene rings is 2. The Morgan fingerprint density at radius 3 is 2.41 bits per heavy atom. The van der Waals surface area contributed by atoms with E-state index in [1.54, 1.807) is 22.7 Å². The largest absolute Gasteiger partial charge is 0.483 e. The summed E-state index contributed by atoms with van der Waals surface area (Å²) in [6.45, 7) is 16.5. The van der Waals surface area contributed by atoms with Crippen LogP contribution in [-0.4, -0.2) is 108 Å². The number of hydrogen-bond acceptors (Lipinski definition) is 12. The number of carbonyl (C=O) groups is 4. The number of aliphatic hydroxyl groups is 1. The average Bonchev–Trinajstić information content (AvgIpc) is 4.00. The van der Waals surface area contributed by atoms with Gasteiger partial charge in [-0.15, -0.1) is 22.7 Å². The highest BCUT2D eigenvalue weighted by Gasteiger charge is 2.44. The van der Waals surface area contributed by atoms with E-state index >= 15 is 0 Å². The number of hydrogen-bond donors (Lipinski definition) is 4. The van der Waals surface area contributed by atoms with Gasteiger partial charge in [-0.25, -0.2) is 9.97 Å². The number of unbranched alkanes of at least 4 members (excludes halogenated alkanes) is 1. The van der Waals surface area contributed by atoms with Crippen molar-refractivity contribution in [1.82, 2.24) is 30.8 Å². The highest BCUT2D eigenvalue weighted by molar-refractivity contribution is 7.14. The standard InChI is InChI=1S/C45H59N7O7S2/c1-27-11-16-34(35-25-60-44(49-35)51-18-20-58-21-19-51)39(28(27)2)59-24-38(55)46-17-9-8-10-37(54)50-41(45(5,6)7)43(57)52-23-33(53)22-36(52)42(56)48-29(3)31-12-14-32(15-13-31)40-30(4)47-26-61-40/h11-16,25-26,29,33,36,41,53H,8-10,17-24H2,1-7H3,(H,46,55)(H,48,56)(H,50,54)/t29-,33+,36-,41?/m0/s1. The van der Waals surface area contributed by atoms with Crippen LogP contribution in [0.1, 0.15) is 81.8 Å². The van der Waals surface area contributed by atoms with Gasteiger partial charge in [-0.2, -0.15) is 0 Å². The zero-order valence-corrected chi connectivity index (χ0v) is 37.8. The van der Waals surface area contributed by atoms with Gasteiger partial charge >= 0.3 is 0 Å². The number of nitrogens with zero attached hydrogens (tertiary/aromatic N) is 4. The van der Waals surface area contributed by atoms with Gasteiger partial charge < -0.3 is 40.3 Å². The summed E-state index contributed by atoms with van der Waals surface area (Å²) in [5.74, 6) is -0.736. The predicted octanol–water partition coefficient (Wildman–Crippen LogP) is 5.73. The molecular formula is C45H59N7O7S2. The van der Waals surface area contributed by atoms with Crippen molar-refractivity contribution in [3.63, 3.8) is 0 Å². The van der Waals surface area contributed by atoms with Gasteiger partial charge in [-0.1, -0.05) is 51.1 Å². The molecule has 4 aromatic rings. The molecule has 0 radical (unpaired) electrons. The lowest BCUT2D eigenvalue weighted by Gasteiger charge is -2.35. The molecule has 0 aliphatic carbocycles. The first kappa shape index (κ1) is 45.6. The lowest BCUT2D eigenvalue weighted by atomic mass is 9.85. The van der Waals surface area contributed by atoms with Crippen molar-refractivity contribution in [2.24, 2.45) is 5.41 Å². The highest BCUT2D eigenvalue weighted by Crippen LogP contribution is 2.37. The van der Waals surface area contributed by atoms with Crippen molar-refractivity contribution in [2.45, 2.75) is 98.4 Å². The Balaban J connectivity index is 0.963. The van der Waals surface area contributed by atoms with E-state index in [4.69, 9.17) is 14.5 Å². The third-order valence-corrected chi connectivity index (χ3v) is 13.2. The van der Waals surface area contributed by atoms with Gasteiger partial charge in [0.25, 0.3) is 5.91 Å². The fraction of sp³-hybridized carbons (Fsp3) is 0.511. The van der Waals surface area contributed by atoms with Crippen molar-refractivity contribution in [3.8, 4) is 27.4 Å². The second-order valence-corrected chi connectivity index (χ2v) is 18.7. The minimum atomic E-state index is -0.928. The molecule has 2 aliphatic heterocycles. The molecule has 14 nitrogen and oxygen atoms in total. The Bertz CT molecular complexity index is 2160. The molecule has 0 bridgehead atoms. The fourth-order valence-electron chi connectivity index (χ4n) is 7.54. The molecule has 0 spiro atoms. The summed E-state index contributed by atoms with van der Waals surface area (Å²) in [5.41, 5.74) is 7.68. The number of morpholine rings is 1. The van der Waals surface area contributed by atoms with Crippen LogP contribution in [-0.2, 0) is 23.9 Å². The van der Waals surface area contributed by atoms with Gasteiger partial charge in [0.15, 0.2) is 11.7 Å². The molecule has 2 aromatic heterocycles. The third-order valence-electron chi connectivity index (χ3n) is 11.3. The van der Waals surface area contributed by atoms with E-state index in [9.17, 15) is 24.3 Å². The van der Waals surface area contributed by atoms with Crippen molar-refractivity contribution in [2.75, 3.05) is 50.9 Å². The first-order valence-corrected chi connectivity index (χ1v) is 22.7. The second kappa shape index (κ2) is 20.3. The summed E-state index contributed by atoms with van der Waals surface area (Å²) < 4.78 is 11.6. The number of β-amino-alcohol motifs (C(OH)–C–C–N with tert-alkyl or cyclic N) is 1. The number of aryl methyl sites for hydroxylation is 2. The van der Waals surface area contributed by atoms with Crippen LogP contribution in [0.4, 0.5) is 5.13 Å². The van der Waals surface area contributed by atoms with Crippen LogP contribution >= 0.6 is 22.7 Å². The number of thiazole rings is 2. The number of likely N-dealkylation sites (tertiary alicyclic amines) is 1. The Morgan fingerprint density at radius 1 is 0.984 bits per heavy atom. The van der Waals surface area contributed by atoms with Crippen LogP contribution in [0.25, 0.3) is 21.7 Å². The number of rotatable bonds is 16. The maximum Gasteiger partial charge on any atom is 0.257 e. The molecule has 4 atom stereocenters. The summed E-state index contributed by atoms with van der Waals surface area (Å²) in [4.78, 5) is 67.8. The Morgan fingerprint density at radius 2 is 1.72 bits per heavy atom. The topological polar surface area (TPSA) is 175 Å². The number of aromatic nitrogens is 2. The summed E-state index contributed by atoms with van der Waals surface area (Å²) in [7, 11) is 0. The number of amides is 4.